The van der Waals surface area contributed by atoms with E-state index in [0.29, 0.717) is 38.2 Å². The van der Waals surface area contributed by atoms with Gasteiger partial charge in [0, 0.05) is 52.2 Å². The summed E-state index contributed by atoms with van der Waals surface area (Å²) in [6.45, 7) is 6.56. The molecule has 2 atom stereocenters. The number of benzene rings is 2. The third-order valence-electron chi connectivity index (χ3n) is 7.66. The summed E-state index contributed by atoms with van der Waals surface area (Å²) in [6, 6.07) is 13.4. The standard InChI is InChI=1S/C27H35N3O7S2/c1-20-14-23(10-13-30(20)39(34,35)37-21(2)31)19-36-26-9-8-22(15-27(26)38(32,33)29-11-5-12-29)16-28-17-24-6-3-4-7-25(24)18-28/h3-4,6-9,15,20,23H,5,10-14,16-19H2,1-2H3. The predicted molar refractivity (Wildman–Crippen MR) is 144 cm³/mol. The van der Waals surface area contributed by atoms with Gasteiger partial charge < -0.3 is 8.92 Å². The van der Waals surface area contributed by atoms with Gasteiger partial charge in [-0.3, -0.25) is 9.69 Å². The van der Waals surface area contributed by atoms with Crippen LogP contribution in [0.3, 0.4) is 0 Å². The van der Waals surface area contributed by atoms with E-state index in [2.05, 4.69) is 21.2 Å². The van der Waals surface area contributed by atoms with Gasteiger partial charge in [-0.1, -0.05) is 30.3 Å². The van der Waals surface area contributed by atoms with E-state index in [4.69, 9.17) is 4.74 Å². The first-order chi connectivity index (χ1) is 18.5. The first-order valence-corrected chi connectivity index (χ1v) is 16.1. The lowest BCUT2D eigenvalue weighted by molar-refractivity contribution is -0.131. The Hall–Kier alpha value is -2.51. The van der Waals surface area contributed by atoms with Gasteiger partial charge in [-0.25, -0.2) is 8.42 Å². The van der Waals surface area contributed by atoms with Crippen molar-refractivity contribution < 1.29 is 30.6 Å². The molecule has 10 nitrogen and oxygen atoms in total. The average molecular weight is 578 g/mol. The number of hydrogen-bond acceptors (Lipinski definition) is 8. The van der Waals surface area contributed by atoms with Crippen LogP contribution in [0.25, 0.3) is 0 Å². The Morgan fingerprint density at radius 3 is 2.28 bits per heavy atom. The first kappa shape index (κ1) is 28.0. The van der Waals surface area contributed by atoms with Crippen molar-refractivity contribution in [2.75, 3.05) is 26.2 Å². The Morgan fingerprint density at radius 1 is 1.00 bits per heavy atom. The molecule has 0 aliphatic carbocycles. The van der Waals surface area contributed by atoms with Crippen LogP contribution in [0.2, 0.25) is 0 Å². The zero-order chi connectivity index (χ0) is 27.8. The highest BCUT2D eigenvalue weighted by molar-refractivity contribution is 7.89. The average Bonchev–Trinajstić information content (AvgIpc) is 3.23. The van der Waals surface area contributed by atoms with Gasteiger partial charge in [0.1, 0.15) is 10.6 Å². The maximum atomic E-state index is 13.5. The summed E-state index contributed by atoms with van der Waals surface area (Å²) in [5.41, 5.74) is 3.51. The molecule has 0 N–H and O–H groups in total. The first-order valence-electron chi connectivity index (χ1n) is 13.3. The smallest absolute Gasteiger partial charge is 0.387 e. The lowest BCUT2D eigenvalue weighted by Gasteiger charge is -2.35. The van der Waals surface area contributed by atoms with Crippen molar-refractivity contribution in [1.82, 2.24) is 13.5 Å². The third-order valence-corrected chi connectivity index (χ3v) is 11.1. The van der Waals surface area contributed by atoms with Gasteiger partial charge in [0.25, 0.3) is 0 Å². The molecule has 0 spiro atoms. The summed E-state index contributed by atoms with van der Waals surface area (Å²) in [4.78, 5) is 13.7. The zero-order valence-electron chi connectivity index (χ0n) is 22.3. The summed E-state index contributed by atoms with van der Waals surface area (Å²) in [5.74, 6) is -0.537. The second-order valence-electron chi connectivity index (χ2n) is 10.6. The molecule has 0 amide bonds. The van der Waals surface area contributed by atoms with E-state index in [1.54, 1.807) is 19.1 Å². The van der Waals surface area contributed by atoms with Crippen molar-refractivity contribution in [2.45, 2.75) is 63.7 Å². The van der Waals surface area contributed by atoms with E-state index in [1.165, 1.54) is 19.7 Å². The number of carbonyl (C=O) groups is 1. The summed E-state index contributed by atoms with van der Waals surface area (Å²) >= 11 is 0. The van der Waals surface area contributed by atoms with Crippen LogP contribution in [0.15, 0.2) is 47.4 Å². The molecule has 0 aromatic heterocycles. The summed E-state index contributed by atoms with van der Waals surface area (Å²) < 4.78 is 64.9. The van der Waals surface area contributed by atoms with E-state index >= 15 is 0 Å². The minimum Gasteiger partial charge on any atom is -0.492 e. The van der Waals surface area contributed by atoms with Gasteiger partial charge >= 0.3 is 16.3 Å². The minimum absolute atomic E-state index is 0.0196. The summed E-state index contributed by atoms with van der Waals surface area (Å²) in [5, 5.41) is 0. The molecule has 3 aliphatic rings. The van der Waals surface area contributed by atoms with Gasteiger partial charge in [0.2, 0.25) is 10.0 Å². The van der Waals surface area contributed by atoms with E-state index in [1.807, 2.05) is 18.2 Å². The highest BCUT2D eigenvalue weighted by Gasteiger charge is 2.37. The van der Waals surface area contributed by atoms with Crippen molar-refractivity contribution in [2.24, 2.45) is 5.92 Å². The molecule has 0 radical (unpaired) electrons. The maximum Gasteiger partial charge on any atom is 0.387 e. The highest BCUT2D eigenvalue weighted by Crippen LogP contribution is 2.33. The van der Waals surface area contributed by atoms with Gasteiger partial charge in [0.15, 0.2) is 0 Å². The van der Waals surface area contributed by atoms with Crippen LogP contribution in [0.1, 0.15) is 49.8 Å². The molecular weight excluding hydrogens is 542 g/mol. The van der Waals surface area contributed by atoms with Crippen molar-refractivity contribution in [3.05, 3.63) is 59.2 Å². The van der Waals surface area contributed by atoms with E-state index in [9.17, 15) is 21.6 Å². The number of hydrogen-bond donors (Lipinski definition) is 0. The van der Waals surface area contributed by atoms with Crippen molar-refractivity contribution >= 4 is 26.3 Å². The Labute approximate surface area is 230 Å². The molecule has 2 saturated heterocycles. The molecule has 5 rings (SSSR count). The molecule has 2 unspecified atom stereocenters. The van der Waals surface area contributed by atoms with Crippen LogP contribution < -0.4 is 4.74 Å². The van der Waals surface area contributed by atoms with E-state index in [0.717, 1.165) is 32.0 Å². The SMILES string of the molecule is CC(=O)OS(=O)(=O)N1CCC(COc2ccc(CN3Cc4ccccc4C3)cc2S(=O)(=O)N2CCC2)CC1C. The molecule has 2 fully saturated rings. The number of fused-ring (bicyclic) bond motifs is 1. The van der Waals surface area contributed by atoms with E-state index in [-0.39, 0.29) is 30.0 Å². The molecule has 3 heterocycles. The molecule has 0 saturated carbocycles. The Kier molecular flexibility index (Phi) is 8.03. The van der Waals surface area contributed by atoms with Gasteiger partial charge in [0.05, 0.1) is 6.61 Å². The van der Waals surface area contributed by atoms with Crippen molar-refractivity contribution in [3.8, 4) is 5.75 Å². The summed E-state index contributed by atoms with van der Waals surface area (Å²) in [7, 11) is -7.82. The number of carbonyl (C=O) groups excluding carboxylic acids is 1. The molecule has 0 bridgehead atoms. The minimum atomic E-state index is -4.13. The second kappa shape index (κ2) is 11.2. The molecule has 3 aliphatic heterocycles. The predicted octanol–water partition coefficient (Wildman–Crippen LogP) is 2.88. The zero-order valence-corrected chi connectivity index (χ0v) is 23.9. The van der Waals surface area contributed by atoms with Crippen LogP contribution in [-0.2, 0) is 48.9 Å². The van der Waals surface area contributed by atoms with Crippen LogP contribution in [0.5, 0.6) is 5.75 Å². The molecule has 212 valence electrons. The number of piperidine rings is 1. The maximum absolute atomic E-state index is 13.5. The second-order valence-corrected chi connectivity index (χ2v) is 14.0. The number of rotatable bonds is 9. The van der Waals surface area contributed by atoms with Crippen LogP contribution in [0, 0.1) is 5.92 Å². The highest BCUT2D eigenvalue weighted by atomic mass is 32.2. The molecule has 2 aromatic rings. The van der Waals surface area contributed by atoms with Crippen LogP contribution in [0.4, 0.5) is 0 Å². The topological polar surface area (TPSA) is 114 Å². The number of sulfonamides is 1. The fourth-order valence-corrected chi connectivity index (χ4v) is 8.49. The molecule has 2 aromatic carbocycles. The Morgan fingerprint density at radius 2 is 1.69 bits per heavy atom. The normalized spacial score (nSPS) is 22.7. The molecule has 12 heteroatoms. The Balaban J connectivity index is 1.28. The fourth-order valence-electron chi connectivity index (χ4n) is 5.55. The lowest BCUT2D eigenvalue weighted by Crippen LogP contribution is -2.46. The van der Waals surface area contributed by atoms with Gasteiger partial charge in [-0.15, -0.1) is 0 Å². The van der Waals surface area contributed by atoms with Crippen molar-refractivity contribution in [1.29, 1.82) is 0 Å². The molecular formula is C27H35N3O7S2. The Bertz CT molecular complexity index is 1420. The van der Waals surface area contributed by atoms with Gasteiger partial charge in [-0.05, 0) is 60.9 Å². The monoisotopic (exact) mass is 577 g/mol. The third kappa shape index (κ3) is 6.14. The number of nitrogens with zero attached hydrogens (tertiary/aromatic N) is 3. The van der Waals surface area contributed by atoms with E-state index < -0.39 is 26.3 Å². The largest absolute Gasteiger partial charge is 0.492 e. The van der Waals surface area contributed by atoms with Crippen LogP contribution >= 0.6 is 0 Å². The van der Waals surface area contributed by atoms with Crippen molar-refractivity contribution in [3.63, 3.8) is 0 Å². The van der Waals surface area contributed by atoms with Crippen LogP contribution in [-0.4, -0.2) is 68.6 Å². The van der Waals surface area contributed by atoms with Gasteiger partial charge in [-0.2, -0.15) is 17.0 Å². The quantitative estimate of drug-likeness (QED) is 0.447. The lowest BCUT2D eigenvalue weighted by atomic mass is 9.94. The number of ether oxygens (including phenoxy) is 1. The molecule has 39 heavy (non-hydrogen) atoms. The fraction of sp³-hybridized carbons (Fsp3) is 0.519. The summed E-state index contributed by atoms with van der Waals surface area (Å²) in [6.07, 6.45) is 1.85.